The zero-order valence-electron chi connectivity index (χ0n) is 7.85. The average molecular weight is 215 g/mol. The van der Waals surface area contributed by atoms with Crippen LogP contribution in [0, 0.1) is 10.1 Å². The minimum Gasteiger partial charge on any atom is -0.484 e. The fourth-order valence-electron chi connectivity index (χ4n) is 1.07. The highest BCUT2D eigenvalue weighted by Crippen LogP contribution is 2.27. The fraction of sp³-hybridized carbons (Fsp3) is 0.333. The molecular weight excluding hydrogens is 205 g/mol. The Morgan fingerprint density at radius 2 is 2.27 bits per heavy atom. The van der Waals surface area contributed by atoms with Gasteiger partial charge >= 0.3 is 5.69 Å². The van der Waals surface area contributed by atoms with E-state index in [2.05, 4.69) is 0 Å². The van der Waals surface area contributed by atoms with Crippen molar-refractivity contribution in [3.63, 3.8) is 0 Å². The highest BCUT2D eigenvalue weighted by Gasteiger charge is 2.15. The van der Waals surface area contributed by atoms with Gasteiger partial charge in [-0.3, -0.25) is 10.1 Å². The van der Waals surface area contributed by atoms with E-state index in [1.54, 1.807) is 0 Å². The third-order valence-corrected chi connectivity index (χ3v) is 1.74. The first-order chi connectivity index (χ1) is 7.19. The largest absolute Gasteiger partial charge is 0.484 e. The number of ether oxygens (including phenoxy) is 1. The van der Waals surface area contributed by atoms with Crippen LogP contribution in [0.25, 0.3) is 0 Å². The van der Waals surface area contributed by atoms with E-state index < -0.39 is 11.6 Å². The van der Waals surface area contributed by atoms with Crippen molar-refractivity contribution in [1.82, 2.24) is 0 Å². The molecule has 0 aromatic heterocycles. The molecule has 0 aliphatic carbocycles. The predicted octanol–water partition coefficient (Wildman–Crippen LogP) is 1.44. The second-order valence-electron chi connectivity index (χ2n) is 2.75. The lowest BCUT2D eigenvalue weighted by molar-refractivity contribution is -0.385. The minimum atomic E-state index is -0.722. The van der Waals surface area contributed by atoms with Crippen LogP contribution < -0.4 is 4.74 Å². The van der Waals surface area contributed by atoms with Crippen molar-refractivity contribution in [2.75, 3.05) is 13.3 Å². The van der Waals surface area contributed by atoms with Crippen molar-refractivity contribution in [3.05, 3.63) is 33.9 Å². The van der Waals surface area contributed by atoms with Crippen LogP contribution in [0.5, 0.6) is 5.75 Å². The molecule has 15 heavy (non-hydrogen) atoms. The number of aliphatic hydroxyl groups excluding tert-OH is 1. The predicted molar refractivity (Wildman–Crippen MR) is 50.5 cm³/mol. The first-order valence-electron chi connectivity index (χ1n) is 4.26. The molecule has 0 unspecified atom stereocenters. The monoisotopic (exact) mass is 215 g/mol. The van der Waals surface area contributed by atoms with Crippen LogP contribution in [0.2, 0.25) is 0 Å². The highest BCUT2D eigenvalue weighted by molar-refractivity contribution is 5.48. The van der Waals surface area contributed by atoms with Crippen LogP contribution in [-0.4, -0.2) is 23.3 Å². The third kappa shape index (κ3) is 2.88. The van der Waals surface area contributed by atoms with Crippen molar-refractivity contribution in [2.45, 2.75) is 6.61 Å². The smallest absolute Gasteiger partial charge is 0.310 e. The van der Waals surface area contributed by atoms with E-state index in [0.717, 1.165) is 0 Å². The van der Waals surface area contributed by atoms with E-state index in [4.69, 9.17) is 9.84 Å². The van der Waals surface area contributed by atoms with Crippen molar-refractivity contribution in [1.29, 1.82) is 0 Å². The molecule has 0 radical (unpaired) electrons. The van der Waals surface area contributed by atoms with Crippen LogP contribution in [0.3, 0.4) is 0 Å². The molecule has 0 heterocycles. The lowest BCUT2D eigenvalue weighted by atomic mass is 10.2. The molecule has 1 N–H and O–H groups in total. The van der Waals surface area contributed by atoms with Gasteiger partial charge in [0.2, 0.25) is 0 Å². The Kier molecular flexibility index (Phi) is 3.99. The van der Waals surface area contributed by atoms with Gasteiger partial charge in [-0.15, -0.1) is 0 Å². The van der Waals surface area contributed by atoms with Gasteiger partial charge in [-0.1, -0.05) is 0 Å². The number of nitrogens with zero attached hydrogens (tertiary/aromatic N) is 1. The van der Waals surface area contributed by atoms with Gasteiger partial charge in [-0.05, 0) is 17.7 Å². The number of hydrogen-bond acceptors (Lipinski definition) is 4. The molecule has 0 amide bonds. The average Bonchev–Trinajstić information content (AvgIpc) is 2.25. The van der Waals surface area contributed by atoms with Crippen molar-refractivity contribution in [3.8, 4) is 5.75 Å². The molecule has 1 rings (SSSR count). The number of aliphatic hydroxyl groups is 1. The molecule has 0 spiro atoms. The molecule has 0 aliphatic rings. The van der Waals surface area contributed by atoms with Crippen molar-refractivity contribution < 1.29 is 19.2 Å². The number of nitro groups is 1. The number of nitro benzene ring substituents is 1. The Labute approximate surface area is 85.3 Å². The number of halogens is 1. The maximum absolute atomic E-state index is 11.8. The Balaban J connectivity index is 2.99. The van der Waals surface area contributed by atoms with Gasteiger partial charge in [0.25, 0.3) is 0 Å². The summed E-state index contributed by atoms with van der Waals surface area (Å²) in [5, 5.41) is 19.4. The molecule has 0 atom stereocenters. The van der Waals surface area contributed by atoms with Gasteiger partial charge < -0.3 is 9.84 Å². The normalized spacial score (nSPS) is 10.0. The summed E-state index contributed by atoms with van der Waals surface area (Å²) < 4.78 is 16.7. The van der Waals surface area contributed by atoms with Gasteiger partial charge in [0.15, 0.2) is 5.75 Å². The van der Waals surface area contributed by atoms with E-state index in [-0.39, 0.29) is 24.7 Å². The fourth-order valence-corrected chi connectivity index (χ4v) is 1.07. The van der Waals surface area contributed by atoms with Gasteiger partial charge in [-0.2, -0.15) is 0 Å². The first kappa shape index (κ1) is 11.4. The van der Waals surface area contributed by atoms with Crippen molar-refractivity contribution >= 4 is 5.69 Å². The molecule has 0 saturated heterocycles. The van der Waals surface area contributed by atoms with Crippen LogP contribution >= 0.6 is 0 Å². The second-order valence-corrected chi connectivity index (χ2v) is 2.75. The Bertz CT molecular complexity index is 356. The van der Waals surface area contributed by atoms with E-state index >= 15 is 0 Å². The van der Waals surface area contributed by atoms with Crippen LogP contribution in [0.15, 0.2) is 18.2 Å². The maximum Gasteiger partial charge on any atom is 0.310 e. The summed E-state index contributed by atoms with van der Waals surface area (Å²) in [5.41, 5.74) is 0.245. The number of alkyl halides is 1. The van der Waals surface area contributed by atoms with Gasteiger partial charge in [-0.25, -0.2) is 4.39 Å². The summed E-state index contributed by atoms with van der Waals surface area (Å²) in [5.74, 6) is -0.0239. The minimum absolute atomic E-state index is 0.0239. The maximum atomic E-state index is 11.8. The van der Waals surface area contributed by atoms with Gasteiger partial charge in [0, 0.05) is 6.07 Å². The molecule has 1 aromatic carbocycles. The summed E-state index contributed by atoms with van der Waals surface area (Å²) in [6.45, 7) is -1.21. The lowest BCUT2D eigenvalue weighted by Crippen LogP contribution is -2.02. The van der Waals surface area contributed by atoms with E-state index in [0.29, 0.717) is 5.56 Å². The van der Waals surface area contributed by atoms with E-state index in [9.17, 15) is 14.5 Å². The molecular formula is C9H10FNO4. The summed E-state index contributed by atoms with van der Waals surface area (Å²) in [7, 11) is 0. The summed E-state index contributed by atoms with van der Waals surface area (Å²) in [6, 6.07) is 3.97. The molecule has 6 heteroatoms. The number of benzene rings is 1. The summed E-state index contributed by atoms with van der Waals surface area (Å²) in [6.07, 6.45) is 0. The molecule has 82 valence electrons. The van der Waals surface area contributed by atoms with Crippen LogP contribution in [0.4, 0.5) is 10.1 Å². The summed E-state index contributed by atoms with van der Waals surface area (Å²) in [4.78, 5) is 9.94. The molecule has 0 saturated carbocycles. The number of hydrogen-bond donors (Lipinski definition) is 1. The van der Waals surface area contributed by atoms with Gasteiger partial charge in [0.05, 0.1) is 11.5 Å². The summed E-state index contributed by atoms with van der Waals surface area (Å²) >= 11 is 0. The Morgan fingerprint density at radius 3 is 2.80 bits per heavy atom. The van der Waals surface area contributed by atoms with Crippen molar-refractivity contribution in [2.24, 2.45) is 0 Å². The Morgan fingerprint density at radius 1 is 1.53 bits per heavy atom. The lowest BCUT2D eigenvalue weighted by Gasteiger charge is -2.05. The van der Waals surface area contributed by atoms with E-state index in [1.807, 2.05) is 0 Å². The third-order valence-electron chi connectivity index (χ3n) is 1.74. The zero-order chi connectivity index (χ0) is 11.3. The van der Waals surface area contributed by atoms with Gasteiger partial charge in [0.1, 0.15) is 13.3 Å². The van der Waals surface area contributed by atoms with E-state index in [1.165, 1.54) is 18.2 Å². The standard InChI is InChI=1S/C9H10FNO4/c10-3-4-15-9-5-7(6-12)1-2-8(9)11(13)14/h1-2,5,12H,3-4,6H2. The first-order valence-corrected chi connectivity index (χ1v) is 4.26. The second kappa shape index (κ2) is 5.26. The molecule has 0 bridgehead atoms. The van der Waals surface area contributed by atoms with Crippen LogP contribution in [-0.2, 0) is 6.61 Å². The topological polar surface area (TPSA) is 72.6 Å². The Hall–Kier alpha value is -1.69. The molecule has 5 nitrogen and oxygen atoms in total. The highest BCUT2D eigenvalue weighted by atomic mass is 19.1. The molecule has 0 fully saturated rings. The number of rotatable bonds is 5. The quantitative estimate of drug-likeness (QED) is 0.595. The molecule has 1 aromatic rings. The zero-order valence-corrected chi connectivity index (χ0v) is 7.85. The molecule has 0 aliphatic heterocycles. The van der Waals surface area contributed by atoms with Crippen LogP contribution in [0.1, 0.15) is 5.56 Å². The SMILES string of the molecule is O=[N+]([O-])c1ccc(CO)cc1OCCF.